The van der Waals surface area contributed by atoms with E-state index in [0.29, 0.717) is 18.9 Å². The Hall–Kier alpha value is -1.89. The van der Waals surface area contributed by atoms with E-state index in [1.54, 1.807) is 6.20 Å². The van der Waals surface area contributed by atoms with Gasteiger partial charge >= 0.3 is 0 Å². The molecule has 140 valence electrons. The van der Waals surface area contributed by atoms with Gasteiger partial charge < -0.3 is 5.32 Å². The fourth-order valence-electron chi connectivity index (χ4n) is 3.64. The number of nitrogens with zero attached hydrogens (tertiary/aromatic N) is 4. The maximum absolute atomic E-state index is 12.5. The Bertz CT molecular complexity index is 744. The fourth-order valence-corrected chi connectivity index (χ4v) is 4.09. The lowest BCUT2D eigenvalue weighted by molar-refractivity contribution is -0.116. The van der Waals surface area contributed by atoms with Gasteiger partial charge in [-0.15, -0.1) is 0 Å². The Labute approximate surface area is 159 Å². The maximum atomic E-state index is 12.5. The minimum absolute atomic E-state index is 0.00954. The standard InChI is InChI=1S/C19H27N5OS/c1-13-16(14(2)22-19(21-13)26-3)9-10-18(25)23-17-11-12-20-24(17)15-7-5-4-6-8-15/h11-12,15H,4-10H2,1-3H3,(H,23,25). The first-order valence-electron chi connectivity index (χ1n) is 9.30. The van der Waals surface area contributed by atoms with Crippen molar-refractivity contribution in [3.05, 3.63) is 29.2 Å². The summed E-state index contributed by atoms with van der Waals surface area (Å²) in [4.78, 5) is 21.4. The first kappa shape index (κ1) is 18.9. The normalized spacial score (nSPS) is 15.2. The summed E-state index contributed by atoms with van der Waals surface area (Å²) in [5.74, 6) is 0.819. The molecule has 1 aliphatic rings. The summed E-state index contributed by atoms with van der Waals surface area (Å²) in [5.41, 5.74) is 2.99. The predicted octanol–water partition coefficient (Wildman–Crippen LogP) is 4.09. The molecule has 6 nitrogen and oxygen atoms in total. The van der Waals surface area contributed by atoms with Crippen LogP contribution < -0.4 is 5.32 Å². The van der Waals surface area contributed by atoms with Crippen molar-refractivity contribution in [2.75, 3.05) is 11.6 Å². The molecule has 3 rings (SSSR count). The average Bonchev–Trinajstić information content (AvgIpc) is 3.09. The topological polar surface area (TPSA) is 72.7 Å². The van der Waals surface area contributed by atoms with E-state index in [1.165, 1.54) is 31.0 Å². The molecule has 1 saturated carbocycles. The van der Waals surface area contributed by atoms with Crippen molar-refractivity contribution in [2.45, 2.75) is 70.0 Å². The summed E-state index contributed by atoms with van der Waals surface area (Å²) in [7, 11) is 0. The number of thioether (sulfide) groups is 1. The molecule has 0 saturated heterocycles. The lowest BCUT2D eigenvalue weighted by atomic mass is 9.96. The minimum Gasteiger partial charge on any atom is -0.311 e. The molecule has 0 aliphatic heterocycles. The molecule has 26 heavy (non-hydrogen) atoms. The van der Waals surface area contributed by atoms with E-state index >= 15 is 0 Å². The van der Waals surface area contributed by atoms with Crippen LogP contribution in [0.3, 0.4) is 0 Å². The molecular formula is C19H27N5OS. The van der Waals surface area contributed by atoms with Gasteiger partial charge in [-0.2, -0.15) is 5.10 Å². The van der Waals surface area contributed by atoms with Crippen LogP contribution >= 0.6 is 11.8 Å². The van der Waals surface area contributed by atoms with E-state index in [1.807, 2.05) is 30.9 Å². The van der Waals surface area contributed by atoms with Crippen molar-refractivity contribution in [1.82, 2.24) is 19.7 Å². The predicted molar refractivity (Wildman–Crippen MR) is 105 cm³/mol. The molecule has 0 bridgehead atoms. The van der Waals surface area contributed by atoms with Crippen molar-refractivity contribution >= 4 is 23.5 Å². The van der Waals surface area contributed by atoms with Gasteiger partial charge in [0.2, 0.25) is 5.91 Å². The molecule has 0 unspecified atom stereocenters. The van der Waals surface area contributed by atoms with Crippen LogP contribution in [-0.2, 0) is 11.2 Å². The Morgan fingerprint density at radius 2 is 1.92 bits per heavy atom. The molecule has 2 aromatic rings. The second-order valence-electron chi connectivity index (χ2n) is 6.86. The van der Waals surface area contributed by atoms with Crippen LogP contribution in [0.4, 0.5) is 5.82 Å². The zero-order chi connectivity index (χ0) is 18.5. The minimum atomic E-state index is 0.00954. The van der Waals surface area contributed by atoms with Crippen molar-refractivity contribution < 1.29 is 4.79 Å². The Morgan fingerprint density at radius 3 is 2.58 bits per heavy atom. The van der Waals surface area contributed by atoms with Gasteiger partial charge in [0.05, 0.1) is 12.2 Å². The Balaban J connectivity index is 1.61. The van der Waals surface area contributed by atoms with Gasteiger partial charge in [-0.25, -0.2) is 14.6 Å². The number of anilines is 1. The molecule has 2 heterocycles. The number of carbonyl (C=O) groups is 1. The third-order valence-electron chi connectivity index (χ3n) is 5.04. The molecule has 2 aromatic heterocycles. The quantitative estimate of drug-likeness (QED) is 0.610. The summed E-state index contributed by atoms with van der Waals surface area (Å²) < 4.78 is 1.99. The van der Waals surface area contributed by atoms with Gasteiger partial charge in [-0.05, 0) is 44.9 Å². The molecule has 0 radical (unpaired) electrons. The summed E-state index contributed by atoms with van der Waals surface area (Å²) in [6.07, 6.45) is 10.9. The van der Waals surface area contributed by atoms with E-state index in [0.717, 1.165) is 40.8 Å². The smallest absolute Gasteiger partial charge is 0.225 e. The molecule has 7 heteroatoms. The largest absolute Gasteiger partial charge is 0.311 e. The SMILES string of the molecule is CSc1nc(C)c(CCC(=O)Nc2ccnn2C2CCCCC2)c(C)n1. The third kappa shape index (κ3) is 4.44. The first-order valence-corrected chi connectivity index (χ1v) is 10.5. The number of nitrogens with one attached hydrogen (secondary N) is 1. The molecule has 0 aromatic carbocycles. The lowest BCUT2D eigenvalue weighted by Crippen LogP contribution is -2.20. The highest BCUT2D eigenvalue weighted by molar-refractivity contribution is 7.98. The molecule has 1 N–H and O–H groups in total. The van der Waals surface area contributed by atoms with Gasteiger partial charge in [-0.1, -0.05) is 31.0 Å². The number of amides is 1. The lowest BCUT2D eigenvalue weighted by Gasteiger charge is -2.23. The van der Waals surface area contributed by atoms with Gasteiger partial charge in [0.15, 0.2) is 5.16 Å². The number of rotatable bonds is 6. The number of aryl methyl sites for hydroxylation is 2. The second-order valence-corrected chi connectivity index (χ2v) is 7.63. The Kier molecular flexibility index (Phi) is 6.29. The highest BCUT2D eigenvalue weighted by Gasteiger charge is 2.19. The van der Waals surface area contributed by atoms with Crippen molar-refractivity contribution in [1.29, 1.82) is 0 Å². The Morgan fingerprint density at radius 1 is 1.23 bits per heavy atom. The maximum Gasteiger partial charge on any atom is 0.225 e. The molecule has 1 aliphatic carbocycles. The molecule has 1 fully saturated rings. The third-order valence-corrected chi connectivity index (χ3v) is 5.59. The fraction of sp³-hybridized carbons (Fsp3) is 0.579. The molecule has 0 spiro atoms. The van der Waals surface area contributed by atoms with Crippen molar-refractivity contribution in [2.24, 2.45) is 0 Å². The van der Waals surface area contributed by atoms with E-state index in [2.05, 4.69) is 20.4 Å². The number of hydrogen-bond donors (Lipinski definition) is 1. The van der Waals surface area contributed by atoms with E-state index in [4.69, 9.17) is 0 Å². The number of hydrogen-bond acceptors (Lipinski definition) is 5. The zero-order valence-electron chi connectivity index (χ0n) is 15.8. The van der Waals surface area contributed by atoms with Crippen LogP contribution in [0.15, 0.2) is 17.4 Å². The van der Waals surface area contributed by atoms with Crippen LogP contribution in [0, 0.1) is 13.8 Å². The highest BCUT2D eigenvalue weighted by atomic mass is 32.2. The van der Waals surface area contributed by atoms with E-state index in [9.17, 15) is 4.79 Å². The highest BCUT2D eigenvalue weighted by Crippen LogP contribution is 2.30. The van der Waals surface area contributed by atoms with Gasteiger partial charge in [-0.3, -0.25) is 4.79 Å². The molecule has 0 atom stereocenters. The first-order chi connectivity index (χ1) is 12.6. The number of carbonyl (C=O) groups excluding carboxylic acids is 1. The summed E-state index contributed by atoms with van der Waals surface area (Å²) in [5, 5.41) is 8.26. The van der Waals surface area contributed by atoms with Crippen LogP contribution in [0.1, 0.15) is 61.5 Å². The molecular weight excluding hydrogens is 346 g/mol. The summed E-state index contributed by atoms with van der Waals surface area (Å²) in [6, 6.07) is 2.30. The molecule has 1 amide bonds. The van der Waals surface area contributed by atoms with Crippen LogP contribution in [-0.4, -0.2) is 31.9 Å². The van der Waals surface area contributed by atoms with Crippen LogP contribution in [0.2, 0.25) is 0 Å². The van der Waals surface area contributed by atoms with Gasteiger partial charge in [0.1, 0.15) is 5.82 Å². The van der Waals surface area contributed by atoms with Crippen LogP contribution in [0.25, 0.3) is 0 Å². The van der Waals surface area contributed by atoms with Gasteiger partial charge in [0.25, 0.3) is 0 Å². The zero-order valence-corrected chi connectivity index (χ0v) is 16.6. The van der Waals surface area contributed by atoms with Crippen LogP contribution in [0.5, 0.6) is 0 Å². The van der Waals surface area contributed by atoms with Crippen molar-refractivity contribution in [3.8, 4) is 0 Å². The average molecular weight is 374 g/mol. The van der Waals surface area contributed by atoms with Crippen molar-refractivity contribution in [3.63, 3.8) is 0 Å². The van der Waals surface area contributed by atoms with E-state index in [-0.39, 0.29) is 5.91 Å². The monoisotopic (exact) mass is 373 g/mol. The summed E-state index contributed by atoms with van der Waals surface area (Å²) in [6.45, 7) is 3.97. The second kappa shape index (κ2) is 8.66. The summed E-state index contributed by atoms with van der Waals surface area (Å²) >= 11 is 1.54. The van der Waals surface area contributed by atoms with E-state index < -0.39 is 0 Å². The number of aromatic nitrogens is 4. The van der Waals surface area contributed by atoms with Gasteiger partial charge in [0, 0.05) is 23.9 Å².